The first-order valence-electron chi connectivity index (χ1n) is 14.3. The molecule has 2 saturated heterocycles. The Hall–Kier alpha value is -4.66. The Kier molecular flexibility index (Phi) is 8.12. The summed E-state index contributed by atoms with van der Waals surface area (Å²) in [5.74, 6) is -0.394. The molecule has 234 valence electrons. The summed E-state index contributed by atoms with van der Waals surface area (Å²) in [7, 11) is -3.83. The van der Waals surface area contributed by atoms with Crippen LogP contribution in [0.15, 0.2) is 71.5 Å². The van der Waals surface area contributed by atoms with Crippen molar-refractivity contribution >= 4 is 55.9 Å². The molecule has 45 heavy (non-hydrogen) atoms. The average molecular weight is 650 g/mol. The highest BCUT2D eigenvalue weighted by atomic mass is 35.5. The van der Waals surface area contributed by atoms with Gasteiger partial charge in [0.05, 0.1) is 10.4 Å². The maximum Gasteiger partial charge on any atom is 0.253 e. The SMILES string of the molecule is Nc1nc(N)c(C(=O)/C=C2\NCC3(CCN(C(=O)c4cccc(S(=O)(=O)NCCc5c[nH]c6ccccc56)c4)CC3)N2)nc1Cl. The third-order valence-electron chi connectivity index (χ3n) is 8.19. The number of likely N-dealkylation sites (tertiary alicyclic amines) is 1. The van der Waals surface area contributed by atoms with Crippen molar-refractivity contribution in [1.82, 2.24) is 35.2 Å². The van der Waals surface area contributed by atoms with Crippen LogP contribution in [0, 0.1) is 0 Å². The Bertz CT molecular complexity index is 1930. The zero-order chi connectivity index (χ0) is 31.8. The highest BCUT2D eigenvalue weighted by Crippen LogP contribution is 2.28. The minimum absolute atomic E-state index is 0.0366. The number of carbonyl (C=O) groups is 2. The molecule has 2 fully saturated rings. The number of hydrogen-bond acceptors (Lipinski definition) is 10. The standard InChI is InChI=1S/C30H32ClN9O4S/c31-26-28(33)38-27(32)25(37-26)23(41)15-24-35-17-30(39-24)9-12-40(13-10-30)29(42)18-4-3-5-20(14-18)45(43,44)36-11-8-19-16-34-22-7-2-1-6-21(19)22/h1-7,14-16,34-36,39H,8-13,17H2,(H4,32,33,38)/b24-15+. The summed E-state index contributed by atoms with van der Waals surface area (Å²) in [5.41, 5.74) is 13.3. The van der Waals surface area contributed by atoms with Gasteiger partial charge in [0.25, 0.3) is 5.91 Å². The molecule has 2 aliphatic rings. The van der Waals surface area contributed by atoms with Gasteiger partial charge in [0.15, 0.2) is 22.5 Å². The van der Waals surface area contributed by atoms with E-state index in [0.717, 1.165) is 16.5 Å². The number of para-hydroxylation sites is 1. The van der Waals surface area contributed by atoms with Gasteiger partial charge in [-0.3, -0.25) is 9.59 Å². The predicted octanol–water partition coefficient (Wildman–Crippen LogP) is 2.19. The minimum atomic E-state index is -3.83. The Labute approximate surface area is 264 Å². The summed E-state index contributed by atoms with van der Waals surface area (Å²) in [6.45, 7) is 1.66. The lowest BCUT2D eigenvalue weighted by molar-refractivity contribution is 0.0666. The number of sulfonamides is 1. The highest BCUT2D eigenvalue weighted by molar-refractivity contribution is 7.89. The molecule has 0 bridgehead atoms. The first-order chi connectivity index (χ1) is 21.5. The van der Waals surface area contributed by atoms with Crippen molar-refractivity contribution in [3.8, 4) is 0 Å². The number of ketones is 1. The van der Waals surface area contributed by atoms with Crippen LogP contribution in [0.1, 0.15) is 39.3 Å². The Morgan fingerprint density at radius 3 is 2.64 bits per heavy atom. The number of rotatable bonds is 8. The monoisotopic (exact) mass is 649 g/mol. The van der Waals surface area contributed by atoms with Gasteiger partial charge >= 0.3 is 0 Å². The fraction of sp³-hybridized carbons (Fsp3) is 0.267. The van der Waals surface area contributed by atoms with E-state index >= 15 is 0 Å². The zero-order valence-electron chi connectivity index (χ0n) is 24.1. The maximum atomic E-state index is 13.4. The van der Waals surface area contributed by atoms with Crippen molar-refractivity contribution in [3.63, 3.8) is 0 Å². The lowest BCUT2D eigenvalue weighted by atomic mass is 9.88. The quantitative estimate of drug-likeness (QED) is 0.121. The van der Waals surface area contributed by atoms with Gasteiger partial charge in [0.1, 0.15) is 5.82 Å². The molecule has 1 spiro atoms. The summed E-state index contributed by atoms with van der Waals surface area (Å²) in [6, 6.07) is 14.0. The van der Waals surface area contributed by atoms with Gasteiger partial charge in [0, 0.05) is 54.9 Å². The molecular weight excluding hydrogens is 618 g/mol. The molecule has 2 aromatic heterocycles. The number of carbonyl (C=O) groups excluding carboxylic acids is 2. The van der Waals surface area contributed by atoms with Gasteiger partial charge in [-0.25, -0.2) is 23.1 Å². The molecule has 2 aromatic carbocycles. The number of anilines is 2. The van der Waals surface area contributed by atoms with E-state index in [1.165, 1.54) is 18.2 Å². The molecule has 15 heteroatoms. The second-order valence-electron chi connectivity index (χ2n) is 11.1. The van der Waals surface area contributed by atoms with E-state index in [0.29, 0.717) is 50.3 Å². The van der Waals surface area contributed by atoms with Crippen molar-refractivity contribution in [2.45, 2.75) is 29.7 Å². The number of piperidine rings is 1. The van der Waals surface area contributed by atoms with Gasteiger partial charge in [0.2, 0.25) is 15.8 Å². The van der Waals surface area contributed by atoms with Gasteiger partial charge in [-0.1, -0.05) is 35.9 Å². The Morgan fingerprint density at radius 2 is 1.84 bits per heavy atom. The number of benzene rings is 2. The smallest absolute Gasteiger partial charge is 0.253 e. The molecule has 0 saturated carbocycles. The van der Waals surface area contributed by atoms with Crippen LogP contribution in [0.25, 0.3) is 10.9 Å². The molecule has 0 unspecified atom stereocenters. The fourth-order valence-corrected chi connectivity index (χ4v) is 6.91. The van der Waals surface area contributed by atoms with Gasteiger partial charge in [-0.15, -0.1) is 0 Å². The minimum Gasteiger partial charge on any atom is -0.382 e. The number of aromatic amines is 1. The fourth-order valence-electron chi connectivity index (χ4n) is 5.71. The van der Waals surface area contributed by atoms with Gasteiger partial charge < -0.3 is 32.0 Å². The number of amides is 1. The Balaban J connectivity index is 1.05. The van der Waals surface area contributed by atoms with Crippen LogP contribution in [0.4, 0.5) is 11.6 Å². The van der Waals surface area contributed by atoms with Crippen LogP contribution in [0.5, 0.6) is 0 Å². The van der Waals surface area contributed by atoms with E-state index < -0.39 is 15.8 Å². The molecule has 4 heterocycles. The normalized spacial score (nSPS) is 17.0. The number of nitrogens with zero attached hydrogens (tertiary/aromatic N) is 3. The molecule has 1 amide bonds. The van der Waals surface area contributed by atoms with E-state index in [4.69, 9.17) is 23.1 Å². The Morgan fingerprint density at radius 1 is 1.07 bits per heavy atom. The number of nitrogens with one attached hydrogen (secondary N) is 4. The van der Waals surface area contributed by atoms with Gasteiger partial charge in [-0.2, -0.15) is 0 Å². The summed E-state index contributed by atoms with van der Waals surface area (Å²) in [4.78, 5) is 38.9. The largest absolute Gasteiger partial charge is 0.382 e. The molecule has 4 aromatic rings. The van der Waals surface area contributed by atoms with Crippen LogP contribution in [0.3, 0.4) is 0 Å². The first-order valence-corrected chi connectivity index (χ1v) is 16.2. The molecule has 2 aliphatic heterocycles. The number of nitrogen functional groups attached to an aromatic ring is 2. The highest BCUT2D eigenvalue weighted by Gasteiger charge is 2.40. The predicted molar refractivity (Wildman–Crippen MR) is 171 cm³/mol. The molecule has 0 radical (unpaired) electrons. The van der Waals surface area contributed by atoms with Crippen LogP contribution in [0.2, 0.25) is 5.15 Å². The number of hydrogen-bond donors (Lipinski definition) is 6. The van der Waals surface area contributed by atoms with Crippen molar-refractivity contribution in [1.29, 1.82) is 0 Å². The van der Waals surface area contributed by atoms with Crippen molar-refractivity contribution in [2.24, 2.45) is 0 Å². The van der Waals surface area contributed by atoms with Gasteiger partial charge in [-0.05, 0) is 49.1 Å². The maximum absolute atomic E-state index is 13.4. The van der Waals surface area contributed by atoms with Crippen molar-refractivity contribution in [2.75, 3.05) is 37.6 Å². The molecule has 0 atom stereocenters. The van der Waals surface area contributed by atoms with E-state index in [1.807, 2.05) is 30.5 Å². The number of nitrogens with two attached hydrogens (primary N) is 2. The zero-order valence-corrected chi connectivity index (χ0v) is 25.7. The number of halogens is 1. The van der Waals surface area contributed by atoms with E-state index in [-0.39, 0.29) is 45.4 Å². The summed E-state index contributed by atoms with van der Waals surface area (Å²) >= 11 is 5.91. The topological polar surface area (TPSA) is 201 Å². The number of aromatic nitrogens is 3. The summed E-state index contributed by atoms with van der Waals surface area (Å²) < 4.78 is 28.8. The third kappa shape index (κ3) is 6.30. The number of fused-ring (bicyclic) bond motifs is 1. The lowest BCUT2D eigenvalue weighted by Crippen LogP contribution is -2.53. The molecule has 13 nitrogen and oxygen atoms in total. The van der Waals surface area contributed by atoms with Crippen LogP contribution < -0.4 is 26.8 Å². The molecule has 0 aliphatic carbocycles. The summed E-state index contributed by atoms with van der Waals surface area (Å²) in [6.07, 6.45) is 4.97. The molecule has 8 N–H and O–H groups in total. The van der Waals surface area contributed by atoms with E-state index in [1.54, 1.807) is 17.0 Å². The first kappa shape index (κ1) is 30.4. The lowest BCUT2D eigenvalue weighted by Gasteiger charge is -2.39. The second kappa shape index (κ2) is 12.0. The third-order valence-corrected chi connectivity index (χ3v) is 9.93. The second-order valence-corrected chi connectivity index (χ2v) is 13.3. The number of allylic oxidation sites excluding steroid dienone is 1. The van der Waals surface area contributed by atoms with Crippen molar-refractivity contribution in [3.05, 3.63) is 88.6 Å². The average Bonchev–Trinajstić information content (AvgIpc) is 3.62. The van der Waals surface area contributed by atoms with E-state index in [9.17, 15) is 18.0 Å². The molecular formula is C30H32ClN9O4S. The van der Waals surface area contributed by atoms with Crippen LogP contribution in [-0.2, 0) is 16.4 Å². The van der Waals surface area contributed by atoms with Crippen LogP contribution in [-0.4, -0.2) is 71.7 Å². The van der Waals surface area contributed by atoms with Crippen molar-refractivity contribution < 1.29 is 18.0 Å². The summed E-state index contributed by atoms with van der Waals surface area (Å²) in [5, 5.41) is 7.53. The van der Waals surface area contributed by atoms with Crippen LogP contribution >= 0.6 is 11.6 Å². The number of H-pyrrole nitrogens is 1. The van der Waals surface area contributed by atoms with E-state index in [2.05, 4.69) is 30.3 Å². The molecule has 6 rings (SSSR count).